The van der Waals surface area contributed by atoms with Crippen molar-refractivity contribution < 1.29 is 4.74 Å². The fourth-order valence-corrected chi connectivity index (χ4v) is 2.81. The lowest BCUT2D eigenvalue weighted by Gasteiger charge is -2.14. The van der Waals surface area contributed by atoms with E-state index in [9.17, 15) is 0 Å². The molecule has 5 nitrogen and oxygen atoms in total. The minimum atomic E-state index is -0.157. The van der Waals surface area contributed by atoms with E-state index in [1.807, 2.05) is 31.2 Å². The summed E-state index contributed by atoms with van der Waals surface area (Å²) < 4.78 is 7.23. The monoisotopic (exact) mass is 302 g/mol. The molecule has 21 heavy (non-hydrogen) atoms. The van der Waals surface area contributed by atoms with Crippen LogP contribution in [0.3, 0.4) is 0 Å². The van der Waals surface area contributed by atoms with Gasteiger partial charge in [-0.2, -0.15) is 5.26 Å². The smallest absolute Gasteiger partial charge is 0.193 e. The Morgan fingerprint density at radius 2 is 1.86 bits per heavy atom. The Kier molecular flexibility index (Phi) is 4.86. The molecule has 0 aliphatic heterocycles. The van der Waals surface area contributed by atoms with Crippen molar-refractivity contribution >= 4 is 11.8 Å². The van der Waals surface area contributed by atoms with Gasteiger partial charge in [-0.15, -0.1) is 10.2 Å². The maximum absolute atomic E-state index is 8.96. The van der Waals surface area contributed by atoms with Gasteiger partial charge >= 0.3 is 0 Å². The van der Waals surface area contributed by atoms with Crippen LogP contribution in [-0.4, -0.2) is 27.1 Å². The van der Waals surface area contributed by atoms with Gasteiger partial charge in [0, 0.05) is 11.6 Å². The van der Waals surface area contributed by atoms with Crippen LogP contribution in [0.4, 0.5) is 0 Å². The lowest BCUT2D eigenvalue weighted by atomic mass is 10.2. The molecule has 1 aromatic carbocycles. The van der Waals surface area contributed by atoms with Gasteiger partial charge in [-0.05, 0) is 45.0 Å². The lowest BCUT2D eigenvalue weighted by Crippen LogP contribution is -2.06. The molecule has 110 valence electrons. The van der Waals surface area contributed by atoms with Crippen molar-refractivity contribution in [1.82, 2.24) is 14.8 Å². The number of hydrogen-bond donors (Lipinski definition) is 0. The van der Waals surface area contributed by atoms with E-state index in [1.165, 1.54) is 11.8 Å². The van der Waals surface area contributed by atoms with E-state index in [-0.39, 0.29) is 11.3 Å². The molecule has 0 spiro atoms. The average Bonchev–Trinajstić information content (AvgIpc) is 2.91. The second kappa shape index (κ2) is 6.64. The van der Waals surface area contributed by atoms with Crippen molar-refractivity contribution in [3.8, 4) is 23.2 Å². The predicted molar refractivity (Wildman–Crippen MR) is 83.3 cm³/mol. The summed E-state index contributed by atoms with van der Waals surface area (Å²) in [4.78, 5) is 0. The maximum Gasteiger partial charge on any atom is 0.193 e. The standard InChI is InChI=1S/C15H18N4OS/c1-10(2)19-14(12-5-7-13(20-4)8-6-12)17-18-15(19)21-11(3)9-16/h5-8,10-11H,1-4H3/t11-/m1/s1. The summed E-state index contributed by atoms with van der Waals surface area (Å²) in [5, 5.41) is 18.1. The molecule has 0 unspecified atom stereocenters. The molecule has 0 radical (unpaired) electrons. The number of nitrogens with zero attached hydrogens (tertiary/aromatic N) is 4. The number of aromatic nitrogens is 3. The Morgan fingerprint density at radius 3 is 2.38 bits per heavy atom. The van der Waals surface area contributed by atoms with E-state index in [2.05, 4.69) is 34.7 Å². The Hall–Kier alpha value is -2.00. The zero-order valence-electron chi connectivity index (χ0n) is 12.6. The molecule has 0 saturated carbocycles. The van der Waals surface area contributed by atoms with E-state index < -0.39 is 0 Å². The number of nitriles is 1. The summed E-state index contributed by atoms with van der Waals surface area (Å²) in [7, 11) is 1.64. The highest BCUT2D eigenvalue weighted by Crippen LogP contribution is 2.30. The minimum Gasteiger partial charge on any atom is -0.497 e. The van der Waals surface area contributed by atoms with Crippen LogP contribution >= 0.6 is 11.8 Å². The zero-order valence-corrected chi connectivity index (χ0v) is 13.4. The molecule has 0 bridgehead atoms. The highest BCUT2D eigenvalue weighted by molar-refractivity contribution is 8.00. The third-order valence-electron chi connectivity index (χ3n) is 2.99. The van der Waals surface area contributed by atoms with Crippen LogP contribution < -0.4 is 4.74 Å². The first-order valence-electron chi connectivity index (χ1n) is 6.72. The molecule has 0 fully saturated rings. The molecule has 1 heterocycles. The Bertz CT molecular complexity index is 643. The highest BCUT2D eigenvalue weighted by atomic mass is 32.2. The van der Waals surface area contributed by atoms with Crippen molar-refractivity contribution in [3.05, 3.63) is 24.3 Å². The van der Waals surface area contributed by atoms with Crippen molar-refractivity contribution in [2.45, 2.75) is 37.2 Å². The molecule has 1 aromatic heterocycles. The second-order valence-corrected chi connectivity index (χ2v) is 6.20. The number of methoxy groups -OCH3 is 1. The number of rotatable bonds is 5. The van der Waals surface area contributed by atoms with E-state index in [1.54, 1.807) is 7.11 Å². The van der Waals surface area contributed by atoms with Gasteiger partial charge in [0.25, 0.3) is 0 Å². The topological polar surface area (TPSA) is 63.7 Å². The third-order valence-corrected chi connectivity index (χ3v) is 3.94. The minimum absolute atomic E-state index is 0.157. The molecule has 0 N–H and O–H groups in total. The summed E-state index contributed by atoms with van der Waals surface area (Å²) >= 11 is 1.43. The Labute approximate surface area is 128 Å². The van der Waals surface area contributed by atoms with Gasteiger partial charge in [-0.3, -0.25) is 4.57 Å². The number of thioether (sulfide) groups is 1. The van der Waals surface area contributed by atoms with E-state index in [4.69, 9.17) is 10.00 Å². The Balaban J connectivity index is 2.41. The molecule has 6 heteroatoms. The molecule has 0 aliphatic carbocycles. The third kappa shape index (κ3) is 3.37. The fourth-order valence-electron chi connectivity index (χ4n) is 1.94. The van der Waals surface area contributed by atoms with Crippen LogP contribution in [0.5, 0.6) is 5.75 Å². The number of ether oxygens (including phenoxy) is 1. The quantitative estimate of drug-likeness (QED) is 0.790. The van der Waals surface area contributed by atoms with E-state index >= 15 is 0 Å². The van der Waals surface area contributed by atoms with Gasteiger partial charge in [-0.25, -0.2) is 0 Å². The molecule has 0 aliphatic rings. The maximum atomic E-state index is 8.96. The van der Waals surface area contributed by atoms with E-state index in [0.29, 0.717) is 0 Å². The van der Waals surface area contributed by atoms with Crippen molar-refractivity contribution in [1.29, 1.82) is 5.26 Å². The van der Waals surface area contributed by atoms with Crippen LogP contribution in [0.2, 0.25) is 0 Å². The van der Waals surface area contributed by atoms with Crippen LogP contribution in [0.15, 0.2) is 29.4 Å². The molecular weight excluding hydrogens is 284 g/mol. The van der Waals surface area contributed by atoms with Gasteiger partial charge in [0.1, 0.15) is 5.75 Å². The highest BCUT2D eigenvalue weighted by Gasteiger charge is 2.18. The molecule has 1 atom stereocenters. The first kappa shape index (κ1) is 15.4. The molecule has 2 rings (SSSR count). The normalized spacial score (nSPS) is 12.2. The van der Waals surface area contributed by atoms with Crippen molar-refractivity contribution in [3.63, 3.8) is 0 Å². The van der Waals surface area contributed by atoms with Crippen molar-refractivity contribution in [2.24, 2.45) is 0 Å². The van der Waals surface area contributed by atoms with E-state index in [0.717, 1.165) is 22.3 Å². The van der Waals surface area contributed by atoms with Gasteiger partial charge < -0.3 is 4.74 Å². The first-order chi connectivity index (χ1) is 10.1. The number of benzene rings is 1. The van der Waals surface area contributed by atoms with Gasteiger partial charge in [0.2, 0.25) is 0 Å². The van der Waals surface area contributed by atoms with Gasteiger partial charge in [0.15, 0.2) is 11.0 Å². The van der Waals surface area contributed by atoms with Crippen LogP contribution in [0.25, 0.3) is 11.4 Å². The second-order valence-electron chi connectivity index (χ2n) is 4.89. The summed E-state index contributed by atoms with van der Waals surface area (Å²) in [5.74, 6) is 1.61. The molecular formula is C15H18N4OS. The largest absolute Gasteiger partial charge is 0.497 e. The van der Waals surface area contributed by atoms with Crippen LogP contribution in [0, 0.1) is 11.3 Å². The predicted octanol–water partition coefficient (Wildman–Crippen LogP) is 3.54. The SMILES string of the molecule is COc1ccc(-c2nnc(S[C@H](C)C#N)n2C(C)C)cc1. The molecule has 0 saturated heterocycles. The summed E-state index contributed by atoms with van der Waals surface area (Å²) in [6, 6.07) is 10.2. The van der Waals surface area contributed by atoms with Gasteiger partial charge in [-0.1, -0.05) is 11.8 Å². The van der Waals surface area contributed by atoms with Crippen molar-refractivity contribution in [2.75, 3.05) is 7.11 Å². The van der Waals surface area contributed by atoms with Gasteiger partial charge in [0.05, 0.1) is 18.4 Å². The summed E-state index contributed by atoms with van der Waals surface area (Å²) in [6.45, 7) is 6.02. The Morgan fingerprint density at radius 1 is 1.19 bits per heavy atom. The van der Waals surface area contributed by atoms with Crippen LogP contribution in [-0.2, 0) is 0 Å². The zero-order chi connectivity index (χ0) is 15.4. The molecule has 0 amide bonds. The fraction of sp³-hybridized carbons (Fsp3) is 0.400. The average molecular weight is 302 g/mol. The van der Waals surface area contributed by atoms with Crippen LogP contribution in [0.1, 0.15) is 26.8 Å². The lowest BCUT2D eigenvalue weighted by molar-refractivity contribution is 0.415. The summed E-state index contributed by atoms with van der Waals surface area (Å²) in [5.41, 5.74) is 0.980. The number of hydrogen-bond acceptors (Lipinski definition) is 5. The molecule has 2 aromatic rings. The summed E-state index contributed by atoms with van der Waals surface area (Å²) in [6.07, 6.45) is 0. The first-order valence-corrected chi connectivity index (χ1v) is 7.60.